The van der Waals surface area contributed by atoms with Crippen LogP contribution in [0, 0.1) is 5.92 Å². The van der Waals surface area contributed by atoms with E-state index in [-0.39, 0.29) is 29.9 Å². The van der Waals surface area contributed by atoms with Crippen molar-refractivity contribution in [2.45, 2.75) is 52.0 Å². The number of carbonyl (C=O) groups is 1. The van der Waals surface area contributed by atoms with Gasteiger partial charge in [0.15, 0.2) is 5.96 Å². The summed E-state index contributed by atoms with van der Waals surface area (Å²) in [6.07, 6.45) is 5.91. The van der Waals surface area contributed by atoms with E-state index in [0.717, 1.165) is 36.6 Å². The first-order valence-corrected chi connectivity index (χ1v) is 11.5. The van der Waals surface area contributed by atoms with Crippen LogP contribution in [0.3, 0.4) is 0 Å². The topological polar surface area (TPSA) is 60.0 Å². The Kier molecular flexibility index (Phi) is 13.1. The number of likely N-dealkylation sites (tertiary alicyclic amines) is 1. The molecule has 1 saturated heterocycles. The Bertz CT molecular complexity index is 682. The number of halogens is 1. The normalized spacial score (nSPS) is 15.5. The zero-order valence-electron chi connectivity index (χ0n) is 20.0. The summed E-state index contributed by atoms with van der Waals surface area (Å²) in [5.41, 5.74) is 1.89. The zero-order valence-corrected chi connectivity index (χ0v) is 22.3. The molecule has 0 saturated carbocycles. The molecule has 1 atom stereocenters. The van der Waals surface area contributed by atoms with E-state index >= 15 is 0 Å². The minimum absolute atomic E-state index is 0. The van der Waals surface area contributed by atoms with Crippen LogP contribution >= 0.6 is 24.0 Å². The largest absolute Gasteiger partial charge is 0.356 e. The summed E-state index contributed by atoms with van der Waals surface area (Å²) < 4.78 is 0. The van der Waals surface area contributed by atoms with Crippen molar-refractivity contribution in [3.05, 3.63) is 35.4 Å². The van der Waals surface area contributed by atoms with Gasteiger partial charge in [0, 0.05) is 45.8 Å². The van der Waals surface area contributed by atoms with E-state index in [1.807, 2.05) is 25.2 Å². The molecule has 1 aromatic rings. The maximum atomic E-state index is 12.2. The van der Waals surface area contributed by atoms with E-state index in [4.69, 9.17) is 0 Å². The lowest BCUT2D eigenvalue weighted by molar-refractivity contribution is 0.0827. The minimum Gasteiger partial charge on any atom is -0.356 e. The van der Waals surface area contributed by atoms with Gasteiger partial charge in [-0.15, -0.1) is 24.0 Å². The number of hydrogen-bond acceptors (Lipinski definition) is 3. The molecule has 176 valence electrons. The quantitative estimate of drug-likeness (QED) is 0.269. The Labute approximate surface area is 206 Å². The van der Waals surface area contributed by atoms with E-state index < -0.39 is 0 Å². The number of amides is 1. The van der Waals surface area contributed by atoms with E-state index in [9.17, 15) is 4.79 Å². The third-order valence-electron chi connectivity index (χ3n) is 6.19. The van der Waals surface area contributed by atoms with E-state index in [2.05, 4.69) is 40.4 Å². The van der Waals surface area contributed by atoms with Crippen molar-refractivity contribution < 1.29 is 4.79 Å². The highest BCUT2D eigenvalue weighted by molar-refractivity contribution is 14.0. The molecule has 31 heavy (non-hydrogen) atoms. The molecular weight excluding hydrogens is 501 g/mol. The van der Waals surface area contributed by atoms with Gasteiger partial charge < -0.3 is 15.5 Å². The number of hydrogen-bond donors (Lipinski definition) is 2. The first-order chi connectivity index (χ1) is 14.5. The second-order valence-corrected chi connectivity index (χ2v) is 8.42. The second-order valence-electron chi connectivity index (χ2n) is 8.42. The molecule has 0 radical (unpaired) electrons. The van der Waals surface area contributed by atoms with Crippen molar-refractivity contribution in [2.75, 3.05) is 47.3 Å². The fourth-order valence-electron chi connectivity index (χ4n) is 4.37. The monoisotopic (exact) mass is 543 g/mol. The second kappa shape index (κ2) is 14.7. The summed E-state index contributed by atoms with van der Waals surface area (Å²) in [5, 5.41) is 7.00. The van der Waals surface area contributed by atoms with Gasteiger partial charge in [-0.3, -0.25) is 14.7 Å². The maximum absolute atomic E-state index is 12.2. The fourth-order valence-corrected chi connectivity index (χ4v) is 4.37. The number of aliphatic imine (C=N–C) groups is 1. The van der Waals surface area contributed by atoms with Gasteiger partial charge in [-0.2, -0.15) is 0 Å². The first-order valence-electron chi connectivity index (χ1n) is 11.5. The first kappa shape index (κ1) is 27.7. The summed E-state index contributed by atoms with van der Waals surface area (Å²) in [4.78, 5) is 20.8. The zero-order chi connectivity index (χ0) is 21.9. The van der Waals surface area contributed by atoms with Crippen molar-refractivity contribution in [2.24, 2.45) is 10.9 Å². The third-order valence-corrected chi connectivity index (χ3v) is 6.19. The van der Waals surface area contributed by atoms with Crippen molar-refractivity contribution in [1.29, 1.82) is 0 Å². The molecule has 7 heteroatoms. The Morgan fingerprint density at radius 3 is 2.42 bits per heavy atom. The van der Waals surface area contributed by atoms with Crippen LogP contribution in [0.2, 0.25) is 0 Å². The van der Waals surface area contributed by atoms with Crippen molar-refractivity contribution in [3.8, 4) is 0 Å². The molecule has 0 bridgehead atoms. The van der Waals surface area contributed by atoms with Crippen LogP contribution in [0.15, 0.2) is 29.3 Å². The number of benzene rings is 1. The van der Waals surface area contributed by atoms with Crippen molar-refractivity contribution in [1.82, 2.24) is 20.4 Å². The number of nitrogens with zero attached hydrogens (tertiary/aromatic N) is 3. The van der Waals surface area contributed by atoms with Gasteiger partial charge in [0.05, 0.1) is 0 Å². The Morgan fingerprint density at radius 2 is 1.84 bits per heavy atom. The third kappa shape index (κ3) is 8.60. The van der Waals surface area contributed by atoms with Gasteiger partial charge in [0.2, 0.25) is 0 Å². The maximum Gasteiger partial charge on any atom is 0.253 e. The number of carbonyl (C=O) groups excluding carboxylic acids is 1. The SMILES string of the molecule is CCC(CC)C(CNC(=NC)NCCc1cccc(C(=O)N(C)C)c1)N1CCCC1.I. The Morgan fingerprint density at radius 1 is 1.16 bits per heavy atom. The van der Waals surface area contributed by atoms with Crippen LogP contribution < -0.4 is 10.6 Å². The Hall–Kier alpha value is -1.35. The standard InChI is InChI=1S/C24H41N5O.HI/c1-6-20(7-2)22(29-15-8-9-16-29)18-27-24(25-3)26-14-13-19-11-10-12-21(17-19)23(30)28(4)5;/h10-12,17,20,22H,6-9,13-16,18H2,1-5H3,(H2,25,26,27);1H. The molecule has 2 rings (SSSR count). The van der Waals surface area contributed by atoms with E-state index in [0.29, 0.717) is 12.0 Å². The molecule has 1 aliphatic rings. The lowest BCUT2D eigenvalue weighted by atomic mass is 9.93. The van der Waals surface area contributed by atoms with Crippen molar-refractivity contribution >= 4 is 35.8 Å². The van der Waals surface area contributed by atoms with Crippen LogP contribution in [0.25, 0.3) is 0 Å². The summed E-state index contributed by atoms with van der Waals surface area (Å²) >= 11 is 0. The molecule has 0 spiro atoms. The minimum atomic E-state index is 0. The van der Waals surface area contributed by atoms with Crippen LogP contribution in [0.5, 0.6) is 0 Å². The molecule has 0 aliphatic carbocycles. The number of nitrogens with one attached hydrogen (secondary N) is 2. The average molecular weight is 544 g/mol. The molecular formula is C24H42IN5O. The van der Waals surface area contributed by atoms with Crippen molar-refractivity contribution in [3.63, 3.8) is 0 Å². The Balaban J connectivity index is 0.00000480. The van der Waals surface area contributed by atoms with Gasteiger partial charge in [0.25, 0.3) is 5.91 Å². The average Bonchev–Trinajstić information content (AvgIpc) is 3.29. The lowest BCUT2D eigenvalue weighted by Crippen LogP contribution is -2.49. The molecule has 1 fully saturated rings. The molecule has 1 aliphatic heterocycles. The van der Waals surface area contributed by atoms with Gasteiger partial charge in [-0.25, -0.2) is 0 Å². The fraction of sp³-hybridized carbons (Fsp3) is 0.667. The van der Waals surface area contributed by atoms with Crippen LogP contribution in [-0.2, 0) is 6.42 Å². The molecule has 1 aromatic carbocycles. The smallest absolute Gasteiger partial charge is 0.253 e. The summed E-state index contributed by atoms with van der Waals surface area (Å²) in [7, 11) is 5.39. The van der Waals surface area contributed by atoms with Gasteiger partial charge in [0.1, 0.15) is 0 Å². The predicted octanol–water partition coefficient (Wildman–Crippen LogP) is 3.61. The van der Waals surface area contributed by atoms with E-state index in [1.54, 1.807) is 19.0 Å². The van der Waals surface area contributed by atoms with Gasteiger partial charge in [-0.05, 0) is 56.0 Å². The van der Waals surface area contributed by atoms with Crippen LogP contribution in [0.4, 0.5) is 0 Å². The molecule has 1 heterocycles. The summed E-state index contributed by atoms with van der Waals surface area (Å²) in [6.45, 7) is 8.75. The van der Waals surface area contributed by atoms with Gasteiger partial charge >= 0.3 is 0 Å². The van der Waals surface area contributed by atoms with Crippen LogP contribution in [-0.4, -0.2) is 75.0 Å². The molecule has 1 amide bonds. The molecule has 0 aromatic heterocycles. The molecule has 6 nitrogen and oxygen atoms in total. The van der Waals surface area contributed by atoms with E-state index in [1.165, 1.54) is 38.8 Å². The lowest BCUT2D eigenvalue weighted by Gasteiger charge is -2.34. The van der Waals surface area contributed by atoms with Gasteiger partial charge in [-0.1, -0.05) is 38.8 Å². The highest BCUT2D eigenvalue weighted by atomic mass is 127. The summed E-state index contributed by atoms with van der Waals surface area (Å²) in [5.74, 6) is 1.60. The predicted molar refractivity (Wildman–Crippen MR) is 142 cm³/mol. The highest BCUT2D eigenvalue weighted by Gasteiger charge is 2.27. The number of rotatable bonds is 10. The van der Waals surface area contributed by atoms with Crippen LogP contribution in [0.1, 0.15) is 55.5 Å². The summed E-state index contributed by atoms with van der Waals surface area (Å²) in [6, 6.07) is 8.44. The highest BCUT2D eigenvalue weighted by Crippen LogP contribution is 2.22. The number of guanidine groups is 1. The molecule has 1 unspecified atom stereocenters. The molecule has 2 N–H and O–H groups in total.